The molecular weight excluding hydrogens is 354 g/mol. The van der Waals surface area contributed by atoms with Crippen LogP contribution in [-0.2, 0) is 4.79 Å². The van der Waals surface area contributed by atoms with Gasteiger partial charge in [0.05, 0.1) is 19.1 Å². The number of fused-ring (bicyclic) bond motifs is 1. The molecule has 5 nitrogen and oxygen atoms in total. The molecular formula is C20H19ClNO4-. The van der Waals surface area contributed by atoms with Crippen LogP contribution in [0.1, 0.15) is 39.9 Å². The van der Waals surface area contributed by atoms with Gasteiger partial charge in [-0.3, -0.25) is 4.79 Å². The fourth-order valence-electron chi connectivity index (χ4n) is 3.49. The Hall–Kier alpha value is -2.53. The van der Waals surface area contributed by atoms with Crippen molar-refractivity contribution in [2.75, 3.05) is 19.5 Å². The number of hydrogen-bond acceptors (Lipinski definition) is 4. The Morgan fingerprint density at radius 2 is 1.88 bits per heavy atom. The Labute approximate surface area is 157 Å². The topological polar surface area (TPSA) is 69.7 Å². The second-order valence-corrected chi connectivity index (χ2v) is 6.52. The van der Waals surface area contributed by atoms with Crippen molar-refractivity contribution in [3.8, 4) is 5.75 Å². The molecule has 0 N–H and O–H groups in total. The number of carboxylic acids is 1. The van der Waals surface area contributed by atoms with Crippen LogP contribution in [0.2, 0.25) is 0 Å². The van der Waals surface area contributed by atoms with Crippen LogP contribution in [0.25, 0.3) is 0 Å². The van der Waals surface area contributed by atoms with Gasteiger partial charge < -0.3 is 19.5 Å². The van der Waals surface area contributed by atoms with Crippen LogP contribution in [0.3, 0.4) is 0 Å². The van der Waals surface area contributed by atoms with E-state index in [2.05, 4.69) is 0 Å². The molecule has 0 spiro atoms. The highest BCUT2D eigenvalue weighted by molar-refractivity contribution is 6.17. The van der Waals surface area contributed by atoms with Crippen LogP contribution in [0.5, 0.6) is 5.75 Å². The van der Waals surface area contributed by atoms with Gasteiger partial charge in [-0.2, -0.15) is 0 Å². The van der Waals surface area contributed by atoms with Gasteiger partial charge >= 0.3 is 0 Å². The molecule has 0 aromatic heterocycles. The van der Waals surface area contributed by atoms with Gasteiger partial charge in [-0.1, -0.05) is 30.3 Å². The van der Waals surface area contributed by atoms with Gasteiger partial charge in [0.1, 0.15) is 5.75 Å². The minimum Gasteiger partial charge on any atom is -0.549 e. The van der Waals surface area contributed by atoms with E-state index in [1.165, 1.54) is 0 Å². The molecule has 0 unspecified atom stereocenters. The summed E-state index contributed by atoms with van der Waals surface area (Å²) in [7, 11) is 1.56. The number of rotatable bonds is 6. The van der Waals surface area contributed by atoms with Crippen molar-refractivity contribution in [2.45, 2.75) is 18.4 Å². The maximum atomic E-state index is 13.0. The Morgan fingerprint density at radius 3 is 2.50 bits per heavy atom. The molecule has 0 aliphatic carbocycles. The second-order valence-electron chi connectivity index (χ2n) is 6.14. The number of benzene rings is 2. The average Bonchev–Trinajstić information content (AvgIpc) is 2.67. The van der Waals surface area contributed by atoms with Crippen LogP contribution < -0.4 is 9.84 Å². The minimum atomic E-state index is -1.21. The molecule has 0 saturated carbocycles. The average molecular weight is 373 g/mol. The number of nitrogens with zero attached hydrogens (tertiary/aromatic N) is 1. The third-order valence-corrected chi connectivity index (χ3v) is 4.95. The van der Waals surface area contributed by atoms with Crippen molar-refractivity contribution >= 4 is 23.5 Å². The van der Waals surface area contributed by atoms with Crippen LogP contribution in [-0.4, -0.2) is 36.3 Å². The summed E-state index contributed by atoms with van der Waals surface area (Å²) in [5, 5.41) is 12.1. The minimum absolute atomic E-state index is 0.191. The molecule has 1 amide bonds. The SMILES string of the molecule is COc1ccc([C@@H]2[C@@H](C(=O)[O-])c3ccccc3C(=O)N2CCCCl)cc1. The molecule has 2 aromatic rings. The van der Waals surface area contributed by atoms with Gasteiger partial charge in [-0.05, 0) is 35.7 Å². The predicted molar refractivity (Wildman–Crippen MR) is 96.3 cm³/mol. The third kappa shape index (κ3) is 3.27. The Morgan fingerprint density at radius 1 is 1.19 bits per heavy atom. The van der Waals surface area contributed by atoms with Crippen molar-refractivity contribution in [3.05, 3.63) is 65.2 Å². The highest BCUT2D eigenvalue weighted by atomic mass is 35.5. The van der Waals surface area contributed by atoms with Gasteiger partial charge in [0.2, 0.25) is 0 Å². The van der Waals surface area contributed by atoms with Crippen molar-refractivity contribution in [1.82, 2.24) is 4.90 Å². The monoisotopic (exact) mass is 372 g/mol. The first-order valence-electron chi connectivity index (χ1n) is 8.39. The molecule has 1 heterocycles. The summed E-state index contributed by atoms with van der Waals surface area (Å²) in [4.78, 5) is 26.7. The van der Waals surface area contributed by atoms with E-state index in [1.807, 2.05) is 0 Å². The molecule has 1 aliphatic rings. The molecule has 0 fully saturated rings. The van der Waals surface area contributed by atoms with E-state index in [-0.39, 0.29) is 5.91 Å². The number of hydrogen-bond donors (Lipinski definition) is 0. The molecule has 0 saturated heterocycles. The first kappa shape index (κ1) is 18.3. The maximum absolute atomic E-state index is 13.0. The predicted octanol–water partition coefficient (Wildman–Crippen LogP) is 2.35. The lowest BCUT2D eigenvalue weighted by molar-refractivity contribution is -0.309. The molecule has 6 heteroatoms. The summed E-state index contributed by atoms with van der Waals surface area (Å²) in [6.07, 6.45) is 0.571. The van der Waals surface area contributed by atoms with E-state index in [0.717, 1.165) is 5.56 Å². The van der Waals surface area contributed by atoms with E-state index in [1.54, 1.807) is 60.5 Å². The first-order chi connectivity index (χ1) is 12.6. The number of carbonyl (C=O) groups excluding carboxylic acids is 2. The van der Waals surface area contributed by atoms with Crippen LogP contribution in [0.15, 0.2) is 48.5 Å². The molecule has 136 valence electrons. The Bertz CT molecular complexity index is 806. The summed E-state index contributed by atoms with van der Waals surface area (Å²) >= 11 is 5.82. The molecule has 26 heavy (non-hydrogen) atoms. The molecule has 0 radical (unpaired) electrons. The summed E-state index contributed by atoms with van der Waals surface area (Å²) < 4.78 is 5.17. The zero-order valence-electron chi connectivity index (χ0n) is 14.4. The molecule has 2 atom stereocenters. The third-order valence-electron chi connectivity index (χ3n) is 4.68. The summed E-state index contributed by atoms with van der Waals surface area (Å²) in [6, 6.07) is 13.2. The van der Waals surface area contributed by atoms with Gasteiger partial charge in [0.25, 0.3) is 5.91 Å². The molecule has 0 bridgehead atoms. The standard InChI is InChI=1S/C20H20ClNO4/c1-26-14-9-7-13(8-10-14)18-17(20(24)25)15-5-2-3-6-16(15)19(23)22(18)12-4-11-21/h2-3,5-10,17-18H,4,11-12H2,1H3,(H,24,25)/p-1/t17-,18+/m0/s1. The molecule has 1 aliphatic heterocycles. The van der Waals surface area contributed by atoms with Gasteiger partial charge in [0.15, 0.2) is 0 Å². The number of carbonyl (C=O) groups is 2. The summed E-state index contributed by atoms with van der Waals surface area (Å²) in [5.74, 6) is -1.30. The van der Waals surface area contributed by atoms with E-state index >= 15 is 0 Å². The van der Waals surface area contributed by atoms with E-state index in [9.17, 15) is 14.7 Å². The number of halogens is 1. The summed E-state index contributed by atoms with van der Waals surface area (Å²) in [5.41, 5.74) is 1.61. The Balaban J connectivity index is 2.14. The van der Waals surface area contributed by atoms with Crippen LogP contribution >= 0.6 is 11.6 Å². The van der Waals surface area contributed by atoms with Gasteiger partial charge in [-0.25, -0.2) is 0 Å². The number of aliphatic carboxylic acids is 1. The maximum Gasteiger partial charge on any atom is 0.254 e. The number of ether oxygens (including phenoxy) is 1. The number of alkyl halides is 1. The first-order valence-corrected chi connectivity index (χ1v) is 8.92. The van der Waals surface area contributed by atoms with Gasteiger partial charge in [0, 0.05) is 23.9 Å². The fraction of sp³-hybridized carbons (Fsp3) is 0.300. The van der Waals surface area contributed by atoms with Crippen molar-refractivity contribution in [1.29, 1.82) is 0 Å². The van der Waals surface area contributed by atoms with Crippen LogP contribution in [0.4, 0.5) is 0 Å². The molecule has 2 aromatic carbocycles. The smallest absolute Gasteiger partial charge is 0.254 e. The lowest BCUT2D eigenvalue weighted by Gasteiger charge is -2.43. The normalized spacial score (nSPS) is 19.2. The lowest BCUT2D eigenvalue weighted by Crippen LogP contribution is -2.48. The molecule has 3 rings (SSSR count). The zero-order chi connectivity index (χ0) is 18.7. The number of methoxy groups -OCH3 is 1. The highest BCUT2D eigenvalue weighted by Gasteiger charge is 2.40. The van der Waals surface area contributed by atoms with E-state index in [4.69, 9.17) is 16.3 Å². The van der Waals surface area contributed by atoms with Crippen molar-refractivity contribution in [2.24, 2.45) is 0 Å². The second kappa shape index (κ2) is 7.79. The largest absolute Gasteiger partial charge is 0.549 e. The van der Waals surface area contributed by atoms with Crippen molar-refractivity contribution in [3.63, 3.8) is 0 Å². The zero-order valence-corrected chi connectivity index (χ0v) is 15.1. The Kier molecular flexibility index (Phi) is 5.47. The van der Waals surface area contributed by atoms with Crippen LogP contribution in [0, 0.1) is 0 Å². The fourth-order valence-corrected chi connectivity index (χ4v) is 3.61. The quantitative estimate of drug-likeness (QED) is 0.730. The number of amides is 1. The lowest BCUT2D eigenvalue weighted by atomic mass is 9.79. The van der Waals surface area contributed by atoms with Gasteiger partial charge in [-0.15, -0.1) is 11.6 Å². The summed E-state index contributed by atoms with van der Waals surface area (Å²) in [6.45, 7) is 0.372. The van der Waals surface area contributed by atoms with E-state index in [0.29, 0.717) is 35.7 Å². The van der Waals surface area contributed by atoms with Crippen molar-refractivity contribution < 1.29 is 19.4 Å². The number of carboxylic acid groups (broad SMARTS) is 1. The highest BCUT2D eigenvalue weighted by Crippen LogP contribution is 2.42. The van der Waals surface area contributed by atoms with E-state index < -0.39 is 17.9 Å².